The Labute approximate surface area is 337 Å². The lowest BCUT2D eigenvalue weighted by atomic mass is 10.1. The molecule has 0 radical (unpaired) electrons. The van der Waals surface area contributed by atoms with Gasteiger partial charge in [-0.25, -0.2) is 9.36 Å². The van der Waals surface area contributed by atoms with Crippen LogP contribution in [0.3, 0.4) is 0 Å². The van der Waals surface area contributed by atoms with Crippen molar-refractivity contribution in [2.75, 3.05) is 19.8 Å². The summed E-state index contributed by atoms with van der Waals surface area (Å²) in [6, 6.07) is -1.58. The lowest BCUT2D eigenvalue weighted by Crippen LogP contribution is -2.43. The molecule has 0 saturated carbocycles. The summed E-state index contributed by atoms with van der Waals surface area (Å²) in [5, 5.41) is 21.7. The average Bonchev–Trinajstić information content (AvgIpc) is 3.17. The van der Waals surface area contributed by atoms with Crippen LogP contribution in [-0.2, 0) is 32.7 Å². The molecule has 0 aromatic rings. The predicted octanol–water partition coefficient (Wildman–Crippen LogP) is 10.3. The third-order valence-corrected chi connectivity index (χ3v) is 9.12. The van der Waals surface area contributed by atoms with Gasteiger partial charge in [0.2, 0.25) is 5.91 Å². The molecule has 0 aliphatic carbocycles. The summed E-state index contributed by atoms with van der Waals surface area (Å²) in [4.78, 5) is 45.8. The first-order valence-corrected chi connectivity index (χ1v) is 22.1. The third kappa shape index (κ3) is 37.6. The fourth-order valence-electron chi connectivity index (χ4n) is 4.97. The first-order chi connectivity index (χ1) is 27.1. The molecule has 0 aliphatic rings. The van der Waals surface area contributed by atoms with E-state index in [4.69, 9.17) is 13.8 Å². The number of rotatable bonds is 37. The first-order valence-electron chi connectivity index (χ1n) is 20.6. The second kappa shape index (κ2) is 38.5. The number of carbonyl (C=O) groups is 3. The van der Waals surface area contributed by atoms with Gasteiger partial charge in [-0.3, -0.25) is 18.6 Å². The van der Waals surface area contributed by atoms with Gasteiger partial charge in [0.05, 0.1) is 13.2 Å². The number of esters is 1. The number of phosphoric acid groups is 1. The molecule has 3 atom stereocenters. The van der Waals surface area contributed by atoms with Crippen molar-refractivity contribution >= 4 is 25.7 Å². The number of phosphoric ester groups is 1. The Morgan fingerprint density at radius 2 is 1.05 bits per heavy atom. The Hall–Kier alpha value is -3.34. The van der Waals surface area contributed by atoms with Crippen molar-refractivity contribution in [2.45, 2.75) is 154 Å². The average molecular weight is 806 g/mol. The van der Waals surface area contributed by atoms with Crippen molar-refractivity contribution in [1.82, 2.24) is 5.32 Å². The zero-order valence-electron chi connectivity index (χ0n) is 34.1. The van der Waals surface area contributed by atoms with Gasteiger partial charge in [-0.1, -0.05) is 131 Å². The van der Waals surface area contributed by atoms with Gasteiger partial charge >= 0.3 is 19.8 Å². The van der Waals surface area contributed by atoms with Crippen LogP contribution >= 0.6 is 7.82 Å². The van der Waals surface area contributed by atoms with Crippen molar-refractivity contribution in [3.8, 4) is 0 Å². The number of allylic oxidation sites excluding steroid dienone is 14. The van der Waals surface area contributed by atoms with Gasteiger partial charge < -0.3 is 25.2 Å². The van der Waals surface area contributed by atoms with Crippen LogP contribution < -0.4 is 5.32 Å². The number of hydrogen-bond acceptors (Lipinski definition) is 8. The van der Waals surface area contributed by atoms with E-state index in [0.29, 0.717) is 19.3 Å². The number of carboxylic acids is 1. The highest BCUT2D eigenvalue weighted by Gasteiger charge is 2.28. The summed E-state index contributed by atoms with van der Waals surface area (Å²) in [7, 11) is -4.78. The van der Waals surface area contributed by atoms with Crippen LogP contribution in [0.1, 0.15) is 142 Å². The second-order valence-electron chi connectivity index (χ2n) is 13.4. The minimum absolute atomic E-state index is 0.0637. The van der Waals surface area contributed by atoms with Crippen molar-refractivity contribution in [3.63, 3.8) is 0 Å². The Balaban J connectivity index is 4.06. The van der Waals surface area contributed by atoms with E-state index in [9.17, 15) is 34.1 Å². The molecule has 0 aromatic carbocycles. The number of nitrogens with one attached hydrogen (secondary N) is 1. The van der Waals surface area contributed by atoms with Crippen LogP contribution in [0.2, 0.25) is 0 Å². The van der Waals surface area contributed by atoms with Crippen LogP contribution in [0.4, 0.5) is 0 Å². The molecule has 0 saturated heterocycles. The molecule has 56 heavy (non-hydrogen) atoms. The largest absolute Gasteiger partial charge is 0.480 e. The Morgan fingerprint density at radius 3 is 1.59 bits per heavy atom. The molecule has 0 spiro atoms. The van der Waals surface area contributed by atoms with E-state index in [1.54, 1.807) is 0 Å². The SMILES string of the molecule is CC/C=C\C/C=C\C/C=C\CCCCCCCC(=O)OCC(O)COP(=O)(O)OCC(NC(=O)CCC/C=C\C/C=C\C/C=C\C/C=C\CCCCC)C(=O)O. The second-order valence-corrected chi connectivity index (χ2v) is 14.9. The van der Waals surface area contributed by atoms with E-state index < -0.39 is 57.6 Å². The van der Waals surface area contributed by atoms with Gasteiger partial charge in [-0.2, -0.15) is 0 Å². The molecular weight excluding hydrogens is 733 g/mol. The molecule has 0 fully saturated rings. The zero-order valence-corrected chi connectivity index (χ0v) is 35.0. The molecule has 0 rings (SSSR count). The molecule has 3 unspecified atom stereocenters. The maximum atomic E-state index is 12.3. The fraction of sp³-hybridized carbons (Fsp3) is 0.614. The quantitative estimate of drug-likeness (QED) is 0.0205. The monoisotopic (exact) mass is 805 g/mol. The number of aliphatic hydroxyl groups excluding tert-OH is 1. The van der Waals surface area contributed by atoms with E-state index in [2.05, 4.69) is 92.1 Å². The van der Waals surface area contributed by atoms with Crippen molar-refractivity contribution in [1.29, 1.82) is 0 Å². The lowest BCUT2D eigenvalue weighted by Gasteiger charge is -2.18. The highest BCUT2D eigenvalue weighted by molar-refractivity contribution is 7.47. The van der Waals surface area contributed by atoms with Crippen LogP contribution in [-0.4, -0.2) is 64.9 Å². The van der Waals surface area contributed by atoms with Crippen LogP contribution in [0.25, 0.3) is 0 Å². The molecule has 11 nitrogen and oxygen atoms in total. The number of aliphatic hydroxyl groups is 1. The van der Waals surface area contributed by atoms with Crippen LogP contribution in [0, 0.1) is 0 Å². The van der Waals surface area contributed by atoms with Gasteiger partial charge in [-0.05, 0) is 83.5 Å². The lowest BCUT2D eigenvalue weighted by molar-refractivity contribution is -0.147. The standard InChI is InChI=1S/C44H72NO10P/c1-3-5-7-9-11-13-15-17-19-20-22-23-25-27-29-31-33-35-42(47)45-41(44(49)50)39-55-56(51,52)54-38-40(46)37-53-43(48)36-34-32-30-28-26-24-21-18-16-14-12-10-8-6-4-2/h6,8,11-14,17-19,21-23,27,29,40-41,46H,3-5,7,9-10,15-16,20,24-26,28,30-39H2,1-2H3,(H,45,47)(H,49,50)(H,51,52)/b8-6-,13-11-,14-12-,19-17-,21-18-,23-22-,29-27-. The van der Waals surface area contributed by atoms with E-state index in [-0.39, 0.29) is 12.8 Å². The Kier molecular flexibility index (Phi) is 36.2. The summed E-state index contributed by atoms with van der Waals surface area (Å²) < 4.78 is 26.7. The minimum Gasteiger partial charge on any atom is -0.480 e. The summed E-state index contributed by atoms with van der Waals surface area (Å²) >= 11 is 0. The summed E-state index contributed by atoms with van der Waals surface area (Å²) in [6.45, 7) is 2.37. The molecule has 318 valence electrons. The molecule has 0 bridgehead atoms. The summed E-state index contributed by atoms with van der Waals surface area (Å²) in [6.07, 6.45) is 46.2. The maximum Gasteiger partial charge on any atom is 0.472 e. The smallest absolute Gasteiger partial charge is 0.472 e. The highest BCUT2D eigenvalue weighted by atomic mass is 31.2. The zero-order chi connectivity index (χ0) is 41.4. The van der Waals surface area contributed by atoms with Gasteiger partial charge in [0.15, 0.2) is 6.04 Å². The molecule has 4 N–H and O–H groups in total. The number of aliphatic carboxylic acids is 1. The molecule has 0 heterocycles. The van der Waals surface area contributed by atoms with Crippen LogP contribution in [0.5, 0.6) is 0 Å². The molecule has 0 aromatic heterocycles. The number of carbonyl (C=O) groups excluding carboxylic acids is 2. The van der Waals surface area contributed by atoms with Crippen molar-refractivity contribution in [2.24, 2.45) is 0 Å². The fourth-order valence-corrected chi connectivity index (χ4v) is 5.74. The Morgan fingerprint density at radius 1 is 0.589 bits per heavy atom. The van der Waals surface area contributed by atoms with E-state index >= 15 is 0 Å². The number of hydrogen-bond donors (Lipinski definition) is 4. The van der Waals surface area contributed by atoms with Gasteiger partial charge in [0.25, 0.3) is 0 Å². The first kappa shape index (κ1) is 52.7. The number of amides is 1. The maximum absolute atomic E-state index is 12.3. The van der Waals surface area contributed by atoms with Gasteiger partial charge in [0.1, 0.15) is 12.7 Å². The number of ether oxygens (including phenoxy) is 1. The molecule has 12 heteroatoms. The summed E-state index contributed by atoms with van der Waals surface area (Å²) in [5.41, 5.74) is 0. The normalized spacial score (nSPS) is 14.6. The highest BCUT2D eigenvalue weighted by Crippen LogP contribution is 2.43. The van der Waals surface area contributed by atoms with Gasteiger partial charge in [-0.15, -0.1) is 0 Å². The van der Waals surface area contributed by atoms with Crippen LogP contribution in [0.15, 0.2) is 85.1 Å². The minimum atomic E-state index is -4.78. The van der Waals surface area contributed by atoms with Crippen molar-refractivity contribution in [3.05, 3.63) is 85.1 Å². The number of carboxylic acid groups (broad SMARTS) is 1. The van der Waals surface area contributed by atoms with Crippen molar-refractivity contribution < 1.29 is 47.8 Å². The van der Waals surface area contributed by atoms with E-state index in [1.807, 2.05) is 12.2 Å². The third-order valence-electron chi connectivity index (χ3n) is 8.17. The Bertz CT molecular complexity index is 1270. The molecule has 1 amide bonds. The topological polar surface area (TPSA) is 169 Å². The summed E-state index contributed by atoms with van der Waals surface area (Å²) in [5.74, 6) is -2.48. The predicted molar refractivity (Wildman–Crippen MR) is 226 cm³/mol. The van der Waals surface area contributed by atoms with E-state index in [0.717, 1.165) is 77.0 Å². The molecule has 0 aliphatic heterocycles. The van der Waals surface area contributed by atoms with Gasteiger partial charge in [0, 0.05) is 12.8 Å². The van der Waals surface area contributed by atoms with E-state index in [1.165, 1.54) is 19.3 Å². The molecular formula is C44H72NO10P. The number of unbranched alkanes of at least 4 members (excludes halogenated alkanes) is 9.